The molecule has 100 valence electrons. The van der Waals surface area contributed by atoms with Gasteiger partial charge in [0.15, 0.2) is 0 Å². The number of carbonyl (C=O) groups excluding carboxylic acids is 1. The number of benzene rings is 1. The molecule has 0 heterocycles. The molecule has 1 aromatic carbocycles. The number of aryl methyl sites for hydroxylation is 1. The molecule has 1 unspecified atom stereocenters. The molecule has 0 bridgehead atoms. The first-order chi connectivity index (χ1) is 8.51. The van der Waals surface area contributed by atoms with E-state index in [1.807, 2.05) is 6.92 Å². The number of nitrogens with two attached hydrogens (primary N) is 1. The van der Waals surface area contributed by atoms with Crippen molar-refractivity contribution in [1.82, 2.24) is 5.32 Å². The second-order valence-corrected chi connectivity index (χ2v) is 4.95. The summed E-state index contributed by atoms with van der Waals surface area (Å²) in [7, 11) is 0. The Morgan fingerprint density at radius 2 is 1.89 bits per heavy atom. The van der Waals surface area contributed by atoms with Crippen molar-refractivity contribution in [2.45, 2.75) is 45.6 Å². The smallest absolute Gasteiger partial charge is 0.219 e. The number of amides is 1. The zero-order chi connectivity index (χ0) is 13.6. The van der Waals surface area contributed by atoms with Crippen molar-refractivity contribution in [3.8, 4) is 0 Å². The molecule has 0 fully saturated rings. The van der Waals surface area contributed by atoms with Crippen molar-refractivity contribution in [1.29, 1.82) is 0 Å². The van der Waals surface area contributed by atoms with E-state index in [1.165, 1.54) is 5.56 Å². The van der Waals surface area contributed by atoms with Gasteiger partial charge in [0.25, 0.3) is 0 Å². The lowest BCUT2D eigenvalue weighted by molar-refractivity contribution is -0.119. The van der Waals surface area contributed by atoms with Gasteiger partial charge in [-0.1, -0.05) is 38.1 Å². The van der Waals surface area contributed by atoms with Gasteiger partial charge in [0.2, 0.25) is 5.91 Å². The molecule has 0 saturated heterocycles. The summed E-state index contributed by atoms with van der Waals surface area (Å²) < 4.78 is 0. The van der Waals surface area contributed by atoms with E-state index in [9.17, 15) is 4.79 Å². The maximum Gasteiger partial charge on any atom is 0.219 e. The molecular formula is C15H24N2O. The maximum atomic E-state index is 11.3. The van der Waals surface area contributed by atoms with Crippen molar-refractivity contribution in [2.24, 2.45) is 5.73 Å². The third-order valence-electron chi connectivity index (χ3n) is 3.29. The van der Waals surface area contributed by atoms with E-state index in [1.54, 1.807) is 0 Å². The van der Waals surface area contributed by atoms with Crippen LogP contribution in [0.1, 0.15) is 44.7 Å². The fourth-order valence-electron chi connectivity index (χ4n) is 2.12. The molecule has 1 rings (SSSR count). The average molecular weight is 248 g/mol. The Morgan fingerprint density at radius 3 is 2.33 bits per heavy atom. The molecule has 0 aromatic heterocycles. The van der Waals surface area contributed by atoms with Crippen LogP contribution in [-0.2, 0) is 16.8 Å². The van der Waals surface area contributed by atoms with E-state index in [4.69, 9.17) is 5.73 Å². The predicted molar refractivity (Wildman–Crippen MR) is 75.3 cm³/mol. The number of hydrogen-bond donors (Lipinski definition) is 2. The predicted octanol–water partition coefficient (Wildman–Crippen LogP) is 2.34. The highest BCUT2D eigenvalue weighted by molar-refractivity contribution is 5.75. The Bertz CT molecular complexity index is 386. The van der Waals surface area contributed by atoms with Crippen LogP contribution in [0.2, 0.25) is 0 Å². The second kappa shape index (κ2) is 6.55. The minimum atomic E-state index is -0.367. The van der Waals surface area contributed by atoms with Gasteiger partial charge in [-0.25, -0.2) is 0 Å². The van der Waals surface area contributed by atoms with Gasteiger partial charge in [0.1, 0.15) is 0 Å². The summed E-state index contributed by atoms with van der Waals surface area (Å²) in [5, 5.41) is 3.43. The van der Waals surface area contributed by atoms with Gasteiger partial charge in [0, 0.05) is 12.0 Å². The van der Waals surface area contributed by atoms with E-state index in [2.05, 4.69) is 43.4 Å². The Hall–Kier alpha value is -1.35. The van der Waals surface area contributed by atoms with Gasteiger partial charge in [-0.15, -0.1) is 0 Å². The number of rotatable bonds is 7. The van der Waals surface area contributed by atoms with Crippen LogP contribution in [0.3, 0.4) is 0 Å². The van der Waals surface area contributed by atoms with Crippen molar-refractivity contribution in [2.75, 3.05) is 6.54 Å². The van der Waals surface area contributed by atoms with Gasteiger partial charge >= 0.3 is 0 Å². The fraction of sp³-hybridized carbons (Fsp3) is 0.533. The molecule has 0 radical (unpaired) electrons. The van der Waals surface area contributed by atoms with Gasteiger partial charge in [-0.05, 0) is 37.4 Å². The van der Waals surface area contributed by atoms with Crippen LogP contribution < -0.4 is 11.1 Å². The largest absolute Gasteiger partial charge is 0.370 e. The van der Waals surface area contributed by atoms with Crippen LogP contribution in [0.4, 0.5) is 0 Å². The summed E-state index contributed by atoms with van der Waals surface area (Å²) in [6.45, 7) is 7.15. The van der Waals surface area contributed by atoms with E-state index >= 15 is 0 Å². The second-order valence-electron chi connectivity index (χ2n) is 4.95. The Labute approximate surface area is 110 Å². The monoisotopic (exact) mass is 248 g/mol. The van der Waals surface area contributed by atoms with Crippen LogP contribution in [0.25, 0.3) is 0 Å². The van der Waals surface area contributed by atoms with Crippen LogP contribution in [-0.4, -0.2) is 12.5 Å². The molecule has 0 spiro atoms. The summed E-state index contributed by atoms with van der Waals surface area (Å²) >= 11 is 0. The zero-order valence-electron chi connectivity index (χ0n) is 11.6. The standard InChI is InChI=1S/C15H24N2O/c1-4-10-17-15(3,11-14(16)18)13-8-6-12(5-2)7-9-13/h6-9,17H,4-5,10-11H2,1-3H3,(H2,16,18). The Kier molecular flexibility index (Phi) is 5.35. The summed E-state index contributed by atoms with van der Waals surface area (Å²) in [5.74, 6) is -0.277. The third kappa shape index (κ3) is 3.84. The molecule has 1 aromatic rings. The zero-order valence-corrected chi connectivity index (χ0v) is 11.6. The number of nitrogens with one attached hydrogen (secondary N) is 1. The lowest BCUT2D eigenvalue weighted by atomic mass is 9.87. The van der Waals surface area contributed by atoms with Crippen LogP contribution in [0.5, 0.6) is 0 Å². The van der Waals surface area contributed by atoms with Crippen LogP contribution in [0.15, 0.2) is 24.3 Å². The van der Waals surface area contributed by atoms with E-state index in [0.29, 0.717) is 6.42 Å². The third-order valence-corrected chi connectivity index (χ3v) is 3.29. The van der Waals surface area contributed by atoms with E-state index in [-0.39, 0.29) is 11.4 Å². The topological polar surface area (TPSA) is 55.1 Å². The lowest BCUT2D eigenvalue weighted by Gasteiger charge is -2.30. The lowest BCUT2D eigenvalue weighted by Crippen LogP contribution is -2.43. The molecule has 3 N–H and O–H groups in total. The number of carbonyl (C=O) groups is 1. The molecule has 1 atom stereocenters. The molecular weight excluding hydrogens is 224 g/mol. The van der Waals surface area contributed by atoms with Crippen LogP contribution in [0, 0.1) is 0 Å². The summed E-state index contributed by atoms with van der Waals surface area (Å²) in [4.78, 5) is 11.3. The van der Waals surface area contributed by atoms with Crippen molar-refractivity contribution < 1.29 is 4.79 Å². The highest BCUT2D eigenvalue weighted by atomic mass is 16.1. The molecule has 0 aliphatic carbocycles. The maximum absolute atomic E-state index is 11.3. The average Bonchev–Trinajstić information content (AvgIpc) is 2.35. The first-order valence-electron chi connectivity index (χ1n) is 6.64. The van der Waals surface area contributed by atoms with Gasteiger partial charge < -0.3 is 11.1 Å². The van der Waals surface area contributed by atoms with E-state index in [0.717, 1.165) is 24.9 Å². The molecule has 0 aliphatic heterocycles. The van der Waals surface area contributed by atoms with Gasteiger partial charge in [0.05, 0.1) is 0 Å². The van der Waals surface area contributed by atoms with Crippen molar-refractivity contribution in [3.05, 3.63) is 35.4 Å². The minimum absolute atomic E-state index is 0.277. The molecule has 3 nitrogen and oxygen atoms in total. The minimum Gasteiger partial charge on any atom is -0.370 e. The van der Waals surface area contributed by atoms with E-state index < -0.39 is 0 Å². The quantitative estimate of drug-likeness (QED) is 0.778. The number of primary amides is 1. The Balaban J connectivity index is 2.95. The normalized spacial score (nSPS) is 14.2. The highest BCUT2D eigenvalue weighted by Crippen LogP contribution is 2.25. The molecule has 1 amide bonds. The molecule has 18 heavy (non-hydrogen) atoms. The van der Waals surface area contributed by atoms with Gasteiger partial charge in [-0.2, -0.15) is 0 Å². The summed E-state index contributed by atoms with van der Waals surface area (Å²) in [6, 6.07) is 8.40. The first-order valence-corrected chi connectivity index (χ1v) is 6.64. The molecule has 0 saturated carbocycles. The fourth-order valence-corrected chi connectivity index (χ4v) is 2.12. The van der Waals surface area contributed by atoms with Gasteiger partial charge in [-0.3, -0.25) is 4.79 Å². The van der Waals surface area contributed by atoms with Crippen molar-refractivity contribution in [3.63, 3.8) is 0 Å². The SMILES string of the molecule is CCCNC(C)(CC(N)=O)c1ccc(CC)cc1. The van der Waals surface area contributed by atoms with Crippen LogP contribution >= 0.6 is 0 Å². The molecule has 3 heteroatoms. The number of hydrogen-bond acceptors (Lipinski definition) is 2. The molecule has 0 aliphatic rings. The van der Waals surface area contributed by atoms with Crippen molar-refractivity contribution >= 4 is 5.91 Å². The summed E-state index contributed by atoms with van der Waals surface area (Å²) in [6.07, 6.45) is 2.37. The first kappa shape index (κ1) is 14.7. The summed E-state index contributed by atoms with van der Waals surface area (Å²) in [5.41, 5.74) is 7.42. The highest BCUT2D eigenvalue weighted by Gasteiger charge is 2.27. The Morgan fingerprint density at radius 1 is 1.28 bits per heavy atom.